The molecule has 2 aromatic rings. The molecule has 1 fully saturated rings. The van der Waals surface area contributed by atoms with E-state index in [9.17, 15) is 26.7 Å². The maximum Gasteiger partial charge on any atom is 0.434 e. The third-order valence-electron chi connectivity index (χ3n) is 5.74. The number of hydrogen-bond donors (Lipinski definition) is 3. The van der Waals surface area contributed by atoms with Crippen molar-refractivity contribution in [1.29, 1.82) is 5.41 Å². The highest BCUT2D eigenvalue weighted by molar-refractivity contribution is 6.54. The van der Waals surface area contributed by atoms with Crippen LogP contribution in [0.5, 0.6) is 0 Å². The zero-order valence-corrected chi connectivity index (χ0v) is 19.8. The van der Waals surface area contributed by atoms with E-state index in [4.69, 9.17) is 5.41 Å². The summed E-state index contributed by atoms with van der Waals surface area (Å²) in [5.74, 6) is -4.78. The molecular formula is C23H26F5N7O. The third-order valence-corrected chi connectivity index (χ3v) is 5.74. The predicted molar refractivity (Wildman–Crippen MR) is 123 cm³/mol. The summed E-state index contributed by atoms with van der Waals surface area (Å²) in [6, 6.07) is 2.62. The number of anilines is 1. The fourth-order valence-electron chi connectivity index (χ4n) is 4.01. The summed E-state index contributed by atoms with van der Waals surface area (Å²) >= 11 is 0. The van der Waals surface area contributed by atoms with Crippen LogP contribution in [0.25, 0.3) is 5.57 Å². The molecule has 1 amide bonds. The Kier molecular flexibility index (Phi) is 7.89. The minimum absolute atomic E-state index is 0.00487. The number of likely N-dealkylation sites (tertiary alicyclic amines) is 1. The van der Waals surface area contributed by atoms with Gasteiger partial charge in [0.2, 0.25) is 0 Å². The van der Waals surface area contributed by atoms with E-state index < -0.39 is 54.3 Å². The van der Waals surface area contributed by atoms with E-state index in [1.165, 1.54) is 12.4 Å². The van der Waals surface area contributed by atoms with Gasteiger partial charge in [0.15, 0.2) is 5.69 Å². The summed E-state index contributed by atoms with van der Waals surface area (Å²) in [6.07, 6.45) is -0.782. The van der Waals surface area contributed by atoms with Gasteiger partial charge in [0.1, 0.15) is 11.5 Å². The third kappa shape index (κ3) is 6.32. The highest BCUT2D eigenvalue weighted by atomic mass is 19.4. The van der Waals surface area contributed by atoms with Gasteiger partial charge < -0.3 is 15.5 Å². The van der Waals surface area contributed by atoms with Crippen LogP contribution in [-0.4, -0.2) is 63.6 Å². The molecule has 194 valence electrons. The first-order valence-corrected chi connectivity index (χ1v) is 11.0. The molecule has 0 saturated carbocycles. The summed E-state index contributed by atoms with van der Waals surface area (Å²) in [5, 5.41) is 14.1. The molecular weight excluding hydrogens is 485 g/mol. The fraction of sp³-hybridized carbons (Fsp3) is 0.435. The minimum Gasteiger partial charge on any atom is -0.393 e. The van der Waals surface area contributed by atoms with Crippen LogP contribution in [0, 0.1) is 18.3 Å². The fourth-order valence-corrected chi connectivity index (χ4v) is 4.01. The lowest BCUT2D eigenvalue weighted by molar-refractivity contribution is -0.145. The van der Waals surface area contributed by atoms with Crippen LogP contribution < -0.4 is 10.6 Å². The lowest BCUT2D eigenvalue weighted by atomic mass is 9.87. The van der Waals surface area contributed by atoms with Crippen LogP contribution in [0.2, 0.25) is 0 Å². The van der Waals surface area contributed by atoms with Gasteiger partial charge >= 0.3 is 6.18 Å². The molecule has 3 rings (SSSR count). The molecule has 3 N–H and O–H groups in total. The number of rotatable bonds is 7. The summed E-state index contributed by atoms with van der Waals surface area (Å²) in [6.45, 7) is 2.38. The molecule has 1 saturated heterocycles. The van der Waals surface area contributed by atoms with E-state index in [0.717, 1.165) is 16.7 Å². The van der Waals surface area contributed by atoms with Gasteiger partial charge in [0, 0.05) is 38.0 Å². The molecule has 0 aromatic carbocycles. The number of amides is 1. The van der Waals surface area contributed by atoms with Crippen molar-refractivity contribution in [1.82, 2.24) is 25.2 Å². The Hall–Kier alpha value is -3.64. The minimum atomic E-state index is -4.65. The van der Waals surface area contributed by atoms with Crippen molar-refractivity contribution in [2.75, 3.05) is 25.5 Å². The lowest BCUT2D eigenvalue weighted by Crippen LogP contribution is -2.58. The van der Waals surface area contributed by atoms with Crippen molar-refractivity contribution in [3.05, 3.63) is 53.9 Å². The molecule has 0 bridgehead atoms. The van der Waals surface area contributed by atoms with Crippen molar-refractivity contribution >= 4 is 23.0 Å². The van der Waals surface area contributed by atoms with E-state index in [2.05, 4.69) is 25.6 Å². The molecule has 3 heterocycles. The van der Waals surface area contributed by atoms with Crippen LogP contribution in [0.1, 0.15) is 30.3 Å². The molecule has 0 spiro atoms. The molecule has 0 aliphatic carbocycles. The van der Waals surface area contributed by atoms with E-state index in [1.54, 1.807) is 26.1 Å². The largest absolute Gasteiger partial charge is 0.434 e. The quantitative estimate of drug-likeness (QED) is 0.386. The number of alkyl halides is 5. The first-order valence-electron chi connectivity index (χ1n) is 11.0. The second kappa shape index (κ2) is 10.5. The predicted octanol–water partition coefficient (Wildman–Crippen LogP) is 3.76. The first-order chi connectivity index (χ1) is 16.8. The highest BCUT2D eigenvalue weighted by Gasteiger charge is 2.47. The number of carbonyl (C=O) groups is 1. The maximum atomic E-state index is 14.5. The van der Waals surface area contributed by atoms with Gasteiger partial charge in [0.25, 0.3) is 11.8 Å². The zero-order valence-electron chi connectivity index (χ0n) is 19.8. The second-order valence-electron chi connectivity index (χ2n) is 8.64. The standard InChI is InChI=1S/C23H26F5N7O/c1-13-4-5-31-16(6-13)15(8-30-3)20(29)21(36)35-12-22(24,25)7-14(2)17(35)9-33-19-11-32-18(10-34-19)23(26,27)28/h4-6,8,10-11,14,17,29-30H,7,9,12H2,1-3H3,(H,33,34)/b15-8-,29-20?. The zero-order chi connectivity index (χ0) is 26.7. The average molecular weight is 511 g/mol. The molecule has 1 aliphatic heterocycles. The second-order valence-corrected chi connectivity index (χ2v) is 8.64. The van der Waals surface area contributed by atoms with Gasteiger partial charge in [-0.3, -0.25) is 15.2 Å². The van der Waals surface area contributed by atoms with E-state index in [-0.39, 0.29) is 17.9 Å². The summed E-state index contributed by atoms with van der Waals surface area (Å²) < 4.78 is 67.2. The Morgan fingerprint density at radius 2 is 2.00 bits per heavy atom. The van der Waals surface area contributed by atoms with Gasteiger partial charge in [0.05, 0.1) is 30.7 Å². The van der Waals surface area contributed by atoms with E-state index >= 15 is 0 Å². The number of nitrogens with zero attached hydrogens (tertiary/aromatic N) is 4. The molecule has 13 heteroatoms. The number of piperidine rings is 1. The number of hydrogen-bond acceptors (Lipinski definition) is 7. The molecule has 2 atom stereocenters. The summed E-state index contributed by atoms with van der Waals surface area (Å²) in [4.78, 5) is 25.5. The van der Waals surface area contributed by atoms with Crippen LogP contribution in [0.3, 0.4) is 0 Å². The number of nitrogens with one attached hydrogen (secondary N) is 3. The van der Waals surface area contributed by atoms with Crippen molar-refractivity contribution in [3.8, 4) is 0 Å². The molecule has 8 nitrogen and oxygen atoms in total. The molecule has 2 aromatic heterocycles. The molecule has 2 unspecified atom stereocenters. The van der Waals surface area contributed by atoms with Crippen molar-refractivity contribution < 1.29 is 26.7 Å². The lowest BCUT2D eigenvalue weighted by Gasteiger charge is -2.43. The molecule has 36 heavy (non-hydrogen) atoms. The van der Waals surface area contributed by atoms with Gasteiger partial charge in [-0.1, -0.05) is 6.92 Å². The Labute approximate surface area is 204 Å². The van der Waals surface area contributed by atoms with Crippen LogP contribution >= 0.6 is 0 Å². The smallest absolute Gasteiger partial charge is 0.393 e. The van der Waals surface area contributed by atoms with Crippen molar-refractivity contribution in [3.63, 3.8) is 0 Å². The monoisotopic (exact) mass is 511 g/mol. The highest BCUT2D eigenvalue weighted by Crippen LogP contribution is 2.35. The van der Waals surface area contributed by atoms with Crippen LogP contribution in [0.4, 0.5) is 27.8 Å². The summed E-state index contributed by atoms with van der Waals surface area (Å²) in [7, 11) is 1.57. The van der Waals surface area contributed by atoms with Crippen LogP contribution in [0.15, 0.2) is 36.9 Å². The van der Waals surface area contributed by atoms with Crippen molar-refractivity contribution in [2.24, 2.45) is 5.92 Å². The van der Waals surface area contributed by atoms with Gasteiger partial charge in [-0.15, -0.1) is 0 Å². The number of pyridine rings is 1. The molecule has 0 radical (unpaired) electrons. The van der Waals surface area contributed by atoms with Gasteiger partial charge in [-0.2, -0.15) is 13.2 Å². The number of aryl methyl sites for hydroxylation is 1. The maximum absolute atomic E-state index is 14.5. The average Bonchev–Trinajstić information content (AvgIpc) is 2.80. The first kappa shape index (κ1) is 27.0. The SMILES string of the molecule is CN/C=C(\C(=N)C(=O)N1CC(F)(F)CC(C)C1CNc1cnc(C(F)(F)F)cn1)c1cc(C)ccn1. The number of halogens is 5. The Morgan fingerprint density at radius 1 is 1.28 bits per heavy atom. The molecule has 1 aliphatic rings. The number of carbonyl (C=O) groups excluding carboxylic acids is 1. The number of aromatic nitrogens is 3. The Bertz CT molecular complexity index is 1130. The van der Waals surface area contributed by atoms with E-state index in [1.807, 2.05) is 6.92 Å². The Morgan fingerprint density at radius 3 is 2.58 bits per heavy atom. The van der Waals surface area contributed by atoms with Gasteiger partial charge in [-0.25, -0.2) is 18.7 Å². The van der Waals surface area contributed by atoms with Gasteiger partial charge in [-0.05, 0) is 30.5 Å². The van der Waals surface area contributed by atoms with E-state index in [0.29, 0.717) is 11.9 Å². The van der Waals surface area contributed by atoms with Crippen LogP contribution in [-0.2, 0) is 11.0 Å². The topological polar surface area (TPSA) is 107 Å². The Balaban J connectivity index is 1.84. The van der Waals surface area contributed by atoms with Crippen molar-refractivity contribution in [2.45, 2.75) is 38.4 Å². The normalized spacial score (nSPS) is 20.1. The summed E-state index contributed by atoms with van der Waals surface area (Å²) in [5.41, 5.74) is -0.397.